The van der Waals surface area contributed by atoms with Crippen molar-refractivity contribution in [1.29, 1.82) is 0 Å². The van der Waals surface area contributed by atoms with E-state index in [1.165, 1.54) is 17.7 Å². The molecule has 0 bridgehead atoms. The molecule has 0 unspecified atom stereocenters. The van der Waals surface area contributed by atoms with Crippen molar-refractivity contribution in [3.05, 3.63) is 63.7 Å². The first-order valence-electron chi connectivity index (χ1n) is 8.47. The molecule has 0 aromatic heterocycles. The summed E-state index contributed by atoms with van der Waals surface area (Å²) in [6.45, 7) is 6.14. The van der Waals surface area contributed by atoms with Gasteiger partial charge in [-0.15, -0.1) is 0 Å². The molecule has 1 atom stereocenters. The van der Waals surface area contributed by atoms with Gasteiger partial charge in [0, 0.05) is 12.3 Å². The molecule has 0 heterocycles. The molecule has 0 aliphatic carbocycles. The Bertz CT molecular complexity index is 890. The lowest BCUT2D eigenvalue weighted by molar-refractivity contribution is -0.384. The molecule has 2 rings (SSSR count). The summed E-state index contributed by atoms with van der Waals surface area (Å²) in [5.74, 6) is 0.177. The summed E-state index contributed by atoms with van der Waals surface area (Å²) in [5, 5.41) is 14.7. The Morgan fingerprint density at radius 2 is 1.73 bits per heavy atom. The van der Waals surface area contributed by atoms with Crippen LogP contribution in [0.25, 0.3) is 0 Å². The lowest BCUT2D eigenvalue weighted by Gasteiger charge is -2.24. The molecule has 7 heteroatoms. The molecule has 2 aromatic carbocycles. The highest BCUT2D eigenvalue weighted by Gasteiger charge is 2.23. The third-order valence-electron chi connectivity index (χ3n) is 4.32. The van der Waals surface area contributed by atoms with Gasteiger partial charge in [0.1, 0.15) is 5.69 Å². The Labute approximate surface area is 154 Å². The minimum Gasteiger partial charge on any atom is -0.372 e. The van der Waals surface area contributed by atoms with Gasteiger partial charge in [0.15, 0.2) is 9.84 Å². The molecule has 0 aliphatic rings. The predicted molar refractivity (Wildman–Crippen MR) is 103 cm³/mol. The van der Waals surface area contributed by atoms with E-state index in [0.29, 0.717) is 5.69 Å². The molecular weight excluding hydrogens is 352 g/mol. The van der Waals surface area contributed by atoms with Gasteiger partial charge in [-0.25, -0.2) is 8.42 Å². The monoisotopic (exact) mass is 376 g/mol. The summed E-state index contributed by atoms with van der Waals surface area (Å²) >= 11 is 0. The molecule has 6 nitrogen and oxygen atoms in total. The lowest BCUT2D eigenvalue weighted by Crippen LogP contribution is -2.17. The Morgan fingerprint density at radius 3 is 2.19 bits per heavy atom. The second-order valence-corrected chi connectivity index (χ2v) is 8.69. The lowest BCUT2D eigenvalue weighted by atomic mass is 9.94. The van der Waals surface area contributed by atoms with E-state index in [2.05, 4.69) is 12.2 Å². The fraction of sp³-hybridized carbons (Fsp3) is 0.368. The van der Waals surface area contributed by atoms with Gasteiger partial charge < -0.3 is 5.32 Å². The van der Waals surface area contributed by atoms with Gasteiger partial charge in [-0.3, -0.25) is 10.1 Å². The van der Waals surface area contributed by atoms with Crippen molar-refractivity contribution in [3.63, 3.8) is 0 Å². The number of anilines is 1. The minimum absolute atomic E-state index is 0.0665. The van der Waals surface area contributed by atoms with E-state index in [9.17, 15) is 18.5 Å². The number of nitro benzene ring substituents is 1. The number of nitrogens with zero attached hydrogens (tertiary/aromatic N) is 1. The summed E-state index contributed by atoms with van der Waals surface area (Å²) < 4.78 is 23.4. The number of benzene rings is 2. The number of rotatable bonds is 7. The van der Waals surface area contributed by atoms with Crippen LogP contribution in [0, 0.1) is 16.0 Å². The van der Waals surface area contributed by atoms with Crippen LogP contribution in [-0.4, -0.2) is 19.6 Å². The highest BCUT2D eigenvalue weighted by Crippen LogP contribution is 2.33. The van der Waals surface area contributed by atoms with E-state index in [1.54, 1.807) is 0 Å². The van der Waals surface area contributed by atoms with E-state index in [0.717, 1.165) is 24.3 Å². The summed E-state index contributed by atoms with van der Waals surface area (Å²) in [4.78, 5) is 10.8. The van der Waals surface area contributed by atoms with Gasteiger partial charge in [0.25, 0.3) is 5.69 Å². The number of sulfone groups is 1. The number of nitrogens with one attached hydrogen (secondary N) is 1. The fourth-order valence-electron chi connectivity index (χ4n) is 2.78. The van der Waals surface area contributed by atoms with Gasteiger partial charge in [-0.1, -0.05) is 45.0 Å². The average molecular weight is 376 g/mol. The van der Waals surface area contributed by atoms with Crippen molar-refractivity contribution >= 4 is 21.2 Å². The van der Waals surface area contributed by atoms with E-state index < -0.39 is 14.8 Å². The summed E-state index contributed by atoms with van der Waals surface area (Å²) in [5.41, 5.74) is 2.31. The molecule has 0 saturated heterocycles. The van der Waals surface area contributed by atoms with Crippen LogP contribution in [0.1, 0.15) is 37.9 Å². The number of hydrogen-bond donors (Lipinski definition) is 1. The summed E-state index contributed by atoms with van der Waals surface area (Å²) in [7, 11) is -3.51. The van der Waals surface area contributed by atoms with Gasteiger partial charge in [0.05, 0.1) is 15.9 Å². The zero-order valence-corrected chi connectivity index (χ0v) is 16.2. The highest BCUT2D eigenvalue weighted by molar-refractivity contribution is 7.90. The van der Waals surface area contributed by atoms with Gasteiger partial charge in [-0.05, 0) is 35.6 Å². The fourth-order valence-corrected chi connectivity index (χ4v) is 3.42. The van der Waals surface area contributed by atoms with Crippen LogP contribution in [0.15, 0.2) is 47.4 Å². The third kappa shape index (κ3) is 4.60. The van der Waals surface area contributed by atoms with Crippen LogP contribution in [-0.2, 0) is 16.3 Å². The van der Waals surface area contributed by atoms with Gasteiger partial charge in [0.2, 0.25) is 0 Å². The van der Waals surface area contributed by atoms with Crippen LogP contribution in [0.3, 0.4) is 0 Å². The number of aryl methyl sites for hydroxylation is 1. The smallest absolute Gasteiger partial charge is 0.293 e. The third-order valence-corrected chi connectivity index (χ3v) is 5.43. The molecular formula is C19H24N2O4S. The second kappa shape index (κ2) is 7.86. The highest BCUT2D eigenvalue weighted by atomic mass is 32.2. The van der Waals surface area contributed by atoms with Crippen LogP contribution in [0.5, 0.6) is 0 Å². The first-order valence-corrected chi connectivity index (χ1v) is 10.4. The predicted octanol–water partition coefficient (Wildman–Crippen LogP) is 4.37. The molecule has 0 radical (unpaired) electrons. The van der Waals surface area contributed by atoms with Crippen LogP contribution < -0.4 is 5.32 Å². The summed E-state index contributed by atoms with van der Waals surface area (Å²) in [6, 6.07) is 12.0. The first-order chi connectivity index (χ1) is 12.1. The standard InChI is InChI=1S/C19H24N2O4S/c1-5-14-6-8-15(9-7-14)19(13(2)3)20-17-11-10-16(26(4,24)25)12-18(17)21(22)23/h6-13,19-20H,5H2,1-4H3/t19-/m1/s1. The first kappa shape index (κ1) is 19.9. The average Bonchev–Trinajstić information content (AvgIpc) is 2.58. The SMILES string of the molecule is CCc1ccc([C@H](Nc2ccc(S(C)(=O)=O)cc2[N+](=O)[O-])C(C)C)cc1. The van der Waals surface area contributed by atoms with Crippen molar-refractivity contribution in [2.24, 2.45) is 5.92 Å². The zero-order chi connectivity index (χ0) is 19.5. The molecule has 2 aromatic rings. The Balaban J connectivity index is 2.43. The maximum Gasteiger partial charge on any atom is 0.293 e. The molecule has 140 valence electrons. The topological polar surface area (TPSA) is 89.3 Å². The maximum atomic E-state index is 11.7. The van der Waals surface area contributed by atoms with E-state index in [1.807, 2.05) is 38.1 Å². The quantitative estimate of drug-likeness (QED) is 0.572. The summed E-state index contributed by atoms with van der Waals surface area (Å²) in [6.07, 6.45) is 1.98. The largest absolute Gasteiger partial charge is 0.372 e. The second-order valence-electron chi connectivity index (χ2n) is 6.67. The number of hydrogen-bond acceptors (Lipinski definition) is 5. The molecule has 26 heavy (non-hydrogen) atoms. The van der Waals surface area contributed by atoms with Crippen LogP contribution in [0.2, 0.25) is 0 Å². The van der Waals surface area contributed by atoms with Crippen LogP contribution in [0.4, 0.5) is 11.4 Å². The van der Waals surface area contributed by atoms with Crippen molar-refractivity contribution in [2.45, 2.75) is 38.1 Å². The van der Waals surface area contributed by atoms with Gasteiger partial charge in [-0.2, -0.15) is 0 Å². The van der Waals surface area contributed by atoms with E-state index >= 15 is 0 Å². The Kier molecular flexibility index (Phi) is 6.02. The van der Waals surface area contributed by atoms with E-state index in [-0.39, 0.29) is 22.5 Å². The molecule has 0 spiro atoms. The maximum absolute atomic E-state index is 11.7. The molecule has 0 amide bonds. The van der Waals surface area contributed by atoms with Crippen LogP contribution >= 0.6 is 0 Å². The van der Waals surface area contributed by atoms with Gasteiger partial charge >= 0.3 is 0 Å². The normalized spacial score (nSPS) is 12.8. The molecule has 0 aliphatic heterocycles. The molecule has 0 fully saturated rings. The van der Waals surface area contributed by atoms with Crippen molar-refractivity contribution in [3.8, 4) is 0 Å². The minimum atomic E-state index is -3.51. The van der Waals surface area contributed by atoms with E-state index in [4.69, 9.17) is 0 Å². The van der Waals surface area contributed by atoms with Crippen molar-refractivity contribution in [1.82, 2.24) is 0 Å². The van der Waals surface area contributed by atoms with Crippen molar-refractivity contribution in [2.75, 3.05) is 11.6 Å². The Morgan fingerprint density at radius 1 is 1.12 bits per heavy atom. The number of nitro groups is 1. The Hall–Kier alpha value is -2.41. The zero-order valence-electron chi connectivity index (χ0n) is 15.4. The molecule has 1 N–H and O–H groups in total. The van der Waals surface area contributed by atoms with Crippen molar-refractivity contribution < 1.29 is 13.3 Å². The molecule has 0 saturated carbocycles.